The molecule has 5 nitrogen and oxygen atoms in total. The molecular formula is C9H16BrN3O2S. The van der Waals surface area contributed by atoms with E-state index in [1.165, 1.54) is 12.3 Å². The monoisotopic (exact) mass is 309 g/mol. The van der Waals surface area contributed by atoms with Crippen LogP contribution in [0.1, 0.15) is 20.3 Å². The van der Waals surface area contributed by atoms with Crippen molar-refractivity contribution in [1.29, 1.82) is 0 Å². The van der Waals surface area contributed by atoms with Crippen LogP contribution in [-0.4, -0.2) is 30.0 Å². The highest BCUT2D eigenvalue weighted by atomic mass is 79.9. The van der Waals surface area contributed by atoms with Crippen molar-refractivity contribution < 1.29 is 8.42 Å². The van der Waals surface area contributed by atoms with Crippen LogP contribution in [-0.2, 0) is 10.0 Å². The number of rotatable bonds is 6. The van der Waals surface area contributed by atoms with E-state index in [1.54, 1.807) is 0 Å². The Bertz CT molecular complexity index is 402. The van der Waals surface area contributed by atoms with Gasteiger partial charge in [-0.2, -0.15) is 5.10 Å². The summed E-state index contributed by atoms with van der Waals surface area (Å²) in [6, 6.07) is 1.36. The first-order chi connectivity index (χ1) is 7.47. The van der Waals surface area contributed by atoms with Gasteiger partial charge in [-0.15, -0.1) is 0 Å². The molecule has 0 amide bonds. The van der Waals surface area contributed by atoms with E-state index in [0.717, 1.165) is 11.8 Å². The molecule has 0 aliphatic heterocycles. The molecule has 0 saturated carbocycles. The maximum Gasteiger partial charge on any atom is 0.257 e. The van der Waals surface area contributed by atoms with Crippen molar-refractivity contribution in [1.82, 2.24) is 14.9 Å². The number of halogens is 1. The number of nitrogens with one attached hydrogen (secondary N) is 2. The van der Waals surface area contributed by atoms with Gasteiger partial charge in [-0.25, -0.2) is 13.1 Å². The molecule has 1 atom stereocenters. The van der Waals surface area contributed by atoms with E-state index < -0.39 is 10.0 Å². The quantitative estimate of drug-likeness (QED) is 0.782. The standard InChI is InChI=1S/C9H16BrN3O2S/c1-7(2)8(3-5-10)13-16(14,15)9-4-6-11-12-9/h4,6-8,13H,3,5H2,1-2H3,(H,11,12). The van der Waals surface area contributed by atoms with Gasteiger partial charge in [0.15, 0.2) is 5.03 Å². The van der Waals surface area contributed by atoms with E-state index in [-0.39, 0.29) is 17.0 Å². The Hall–Kier alpha value is -0.400. The highest BCUT2D eigenvalue weighted by Crippen LogP contribution is 2.12. The second-order valence-corrected chi connectivity index (χ2v) is 6.35. The van der Waals surface area contributed by atoms with Crippen LogP contribution in [0, 0.1) is 5.92 Å². The van der Waals surface area contributed by atoms with Crippen LogP contribution in [0.4, 0.5) is 0 Å². The smallest absolute Gasteiger partial charge is 0.257 e. The number of hydrogen-bond donors (Lipinski definition) is 2. The molecule has 1 aromatic heterocycles. The van der Waals surface area contributed by atoms with Crippen molar-refractivity contribution >= 4 is 26.0 Å². The lowest BCUT2D eigenvalue weighted by atomic mass is 10.0. The SMILES string of the molecule is CC(C)C(CCBr)NS(=O)(=O)c1ccn[nH]1. The number of hydrogen-bond acceptors (Lipinski definition) is 3. The summed E-state index contributed by atoms with van der Waals surface area (Å²) in [5.41, 5.74) is 0. The van der Waals surface area contributed by atoms with Gasteiger partial charge < -0.3 is 0 Å². The fourth-order valence-corrected chi connectivity index (χ4v) is 3.12. The molecule has 0 spiro atoms. The summed E-state index contributed by atoms with van der Waals surface area (Å²) in [5.74, 6) is 0.246. The lowest BCUT2D eigenvalue weighted by Gasteiger charge is -2.20. The molecule has 0 aromatic carbocycles. The summed E-state index contributed by atoms with van der Waals surface area (Å²) in [5, 5.41) is 6.95. The third kappa shape index (κ3) is 3.57. The first-order valence-corrected chi connectivity index (χ1v) is 7.65. The Kier molecular flexibility index (Phi) is 4.94. The number of H-pyrrole nitrogens is 1. The number of aromatic amines is 1. The number of sulfonamides is 1. The summed E-state index contributed by atoms with van der Waals surface area (Å²) in [6.07, 6.45) is 2.18. The van der Waals surface area contributed by atoms with Crippen LogP contribution in [0.2, 0.25) is 0 Å². The van der Waals surface area contributed by atoms with Crippen LogP contribution in [0.3, 0.4) is 0 Å². The van der Waals surface area contributed by atoms with Crippen molar-refractivity contribution in [2.45, 2.75) is 31.3 Å². The summed E-state index contributed by atoms with van der Waals surface area (Å²) < 4.78 is 26.4. The molecule has 0 aliphatic rings. The largest absolute Gasteiger partial charge is 0.266 e. The van der Waals surface area contributed by atoms with Crippen LogP contribution < -0.4 is 4.72 Å². The molecule has 0 bridgehead atoms. The summed E-state index contributed by atoms with van der Waals surface area (Å²) in [4.78, 5) is 0. The van der Waals surface area contributed by atoms with E-state index in [4.69, 9.17) is 0 Å². The fourth-order valence-electron chi connectivity index (χ4n) is 1.30. The van der Waals surface area contributed by atoms with Gasteiger partial charge in [-0.05, 0) is 18.4 Å². The van der Waals surface area contributed by atoms with Crippen molar-refractivity contribution in [2.75, 3.05) is 5.33 Å². The topological polar surface area (TPSA) is 74.8 Å². The lowest BCUT2D eigenvalue weighted by molar-refractivity contribution is 0.439. The molecule has 0 fully saturated rings. The maximum atomic E-state index is 11.9. The highest BCUT2D eigenvalue weighted by Gasteiger charge is 2.22. The zero-order valence-electron chi connectivity index (χ0n) is 9.27. The number of alkyl halides is 1. The van der Waals surface area contributed by atoms with Gasteiger partial charge in [0, 0.05) is 11.4 Å². The third-order valence-electron chi connectivity index (χ3n) is 2.30. The van der Waals surface area contributed by atoms with E-state index in [0.29, 0.717) is 0 Å². The summed E-state index contributed by atoms with van der Waals surface area (Å²) in [7, 11) is -3.47. The molecule has 1 aromatic rings. The average molecular weight is 310 g/mol. The minimum Gasteiger partial charge on any atom is -0.266 e. The van der Waals surface area contributed by atoms with Gasteiger partial charge in [0.1, 0.15) is 0 Å². The Morgan fingerprint density at radius 2 is 2.25 bits per heavy atom. The molecule has 1 unspecified atom stereocenters. The van der Waals surface area contributed by atoms with E-state index >= 15 is 0 Å². The Morgan fingerprint density at radius 1 is 1.56 bits per heavy atom. The van der Waals surface area contributed by atoms with Crippen molar-refractivity contribution in [3.8, 4) is 0 Å². The van der Waals surface area contributed by atoms with Crippen LogP contribution in [0.15, 0.2) is 17.3 Å². The van der Waals surface area contributed by atoms with Crippen molar-refractivity contribution in [3.05, 3.63) is 12.3 Å². The molecule has 0 saturated heterocycles. The second-order valence-electron chi connectivity index (χ2n) is 3.87. The normalized spacial score (nSPS) is 14.2. The van der Waals surface area contributed by atoms with Crippen LogP contribution in [0.25, 0.3) is 0 Å². The Balaban J connectivity index is 2.78. The van der Waals surface area contributed by atoms with E-state index in [1.807, 2.05) is 13.8 Å². The molecule has 7 heteroatoms. The summed E-state index contributed by atoms with van der Waals surface area (Å²) >= 11 is 3.32. The van der Waals surface area contributed by atoms with Crippen molar-refractivity contribution in [2.24, 2.45) is 5.92 Å². The number of aromatic nitrogens is 2. The Labute approximate surface area is 104 Å². The summed E-state index contributed by atoms with van der Waals surface area (Å²) in [6.45, 7) is 3.98. The minimum absolute atomic E-state index is 0.0762. The predicted octanol–water partition coefficient (Wildman–Crippen LogP) is 1.50. The molecule has 0 aliphatic carbocycles. The molecule has 92 valence electrons. The van der Waals surface area contributed by atoms with E-state index in [9.17, 15) is 8.42 Å². The van der Waals surface area contributed by atoms with Gasteiger partial charge in [0.05, 0.1) is 6.20 Å². The molecular weight excluding hydrogens is 294 g/mol. The van der Waals surface area contributed by atoms with Crippen LogP contribution in [0.5, 0.6) is 0 Å². The lowest BCUT2D eigenvalue weighted by Crippen LogP contribution is -2.38. The van der Waals surface area contributed by atoms with Gasteiger partial charge in [0.25, 0.3) is 10.0 Å². The van der Waals surface area contributed by atoms with Gasteiger partial charge in [-0.1, -0.05) is 29.8 Å². The zero-order valence-corrected chi connectivity index (χ0v) is 11.7. The van der Waals surface area contributed by atoms with Gasteiger partial charge in [0.2, 0.25) is 0 Å². The second kappa shape index (κ2) is 5.79. The molecule has 1 heterocycles. The van der Waals surface area contributed by atoms with Gasteiger partial charge in [-0.3, -0.25) is 5.10 Å². The molecule has 16 heavy (non-hydrogen) atoms. The van der Waals surface area contributed by atoms with Crippen molar-refractivity contribution in [3.63, 3.8) is 0 Å². The fraction of sp³-hybridized carbons (Fsp3) is 0.667. The van der Waals surface area contributed by atoms with Gasteiger partial charge >= 0.3 is 0 Å². The number of nitrogens with zero attached hydrogens (tertiary/aromatic N) is 1. The maximum absolute atomic E-state index is 11.9. The third-order valence-corrected chi connectivity index (χ3v) is 4.17. The highest BCUT2D eigenvalue weighted by molar-refractivity contribution is 9.09. The average Bonchev–Trinajstić information content (AvgIpc) is 2.69. The predicted molar refractivity (Wildman–Crippen MR) is 65.9 cm³/mol. The molecule has 1 rings (SSSR count). The van der Waals surface area contributed by atoms with E-state index in [2.05, 4.69) is 30.8 Å². The molecule has 2 N–H and O–H groups in total. The molecule has 0 radical (unpaired) electrons. The first-order valence-electron chi connectivity index (χ1n) is 5.05. The van der Waals surface area contributed by atoms with Crippen LogP contribution >= 0.6 is 15.9 Å². The minimum atomic E-state index is -3.47. The zero-order chi connectivity index (χ0) is 12.2. The Morgan fingerprint density at radius 3 is 2.69 bits per heavy atom. The first kappa shape index (κ1) is 13.7.